The van der Waals surface area contributed by atoms with Crippen LogP contribution in [0.25, 0.3) is 5.52 Å². The van der Waals surface area contributed by atoms with Crippen molar-refractivity contribution < 1.29 is 4.74 Å². The molecule has 1 atom stereocenters. The van der Waals surface area contributed by atoms with Crippen molar-refractivity contribution in [1.29, 1.82) is 0 Å². The molecule has 3 aromatic heterocycles. The fourth-order valence-electron chi connectivity index (χ4n) is 4.94. The van der Waals surface area contributed by atoms with Gasteiger partial charge in [0, 0.05) is 18.5 Å². The van der Waals surface area contributed by atoms with Crippen LogP contribution < -0.4 is 10.3 Å². The van der Waals surface area contributed by atoms with E-state index in [-0.39, 0.29) is 18.0 Å². The number of nitrogens with zero attached hydrogens (tertiary/aromatic N) is 5. The smallest absolute Gasteiger partial charge is 0.289 e. The molecule has 4 heterocycles. The molecular weight excluding hydrogens is 583 g/mol. The highest BCUT2D eigenvalue weighted by molar-refractivity contribution is 14.2. The van der Waals surface area contributed by atoms with Crippen molar-refractivity contribution in [3.63, 3.8) is 0 Å². The Bertz CT molecular complexity index is 1220. The third kappa shape index (κ3) is 4.17. The van der Waals surface area contributed by atoms with E-state index in [0.29, 0.717) is 15.6 Å². The number of imidazole rings is 1. The molecule has 0 bridgehead atoms. The van der Waals surface area contributed by atoms with Gasteiger partial charge >= 0.3 is 0 Å². The van der Waals surface area contributed by atoms with Crippen LogP contribution in [-0.2, 0) is 6.42 Å². The predicted molar refractivity (Wildman–Crippen MR) is 137 cm³/mol. The van der Waals surface area contributed by atoms with Gasteiger partial charge in [0.2, 0.25) is 0 Å². The predicted octanol–water partition coefficient (Wildman–Crippen LogP) is 4.77. The van der Waals surface area contributed by atoms with Crippen LogP contribution in [0, 0.1) is 12.3 Å². The number of hydrogen-bond acceptors (Lipinski definition) is 5. The molecule has 2 aliphatic rings. The summed E-state index contributed by atoms with van der Waals surface area (Å²) in [5, 5.41) is 5.09. The molecule has 1 spiro atoms. The minimum Gasteiger partial charge on any atom is -0.487 e. The highest BCUT2D eigenvalue weighted by Gasteiger charge is 2.53. The SMILES string of the molecule is Cc1ncc2ccc(OC3CC4(C3)CN(CCCc3cnn(PI)c(=O)c3Cl)C4)c(Cl)n12. The Kier molecular flexibility index (Phi) is 6.44. The Morgan fingerprint density at radius 1 is 1.28 bits per heavy atom. The van der Waals surface area contributed by atoms with Crippen molar-refractivity contribution in [2.75, 3.05) is 19.6 Å². The molecule has 1 saturated carbocycles. The van der Waals surface area contributed by atoms with Gasteiger partial charge < -0.3 is 9.64 Å². The van der Waals surface area contributed by atoms with E-state index in [9.17, 15) is 4.79 Å². The van der Waals surface area contributed by atoms with E-state index in [1.54, 1.807) is 6.20 Å². The van der Waals surface area contributed by atoms with E-state index in [1.165, 1.54) is 4.45 Å². The Morgan fingerprint density at radius 3 is 2.81 bits per heavy atom. The average molecular weight is 606 g/mol. The second kappa shape index (κ2) is 9.02. The molecule has 0 radical (unpaired) electrons. The number of pyridine rings is 1. The van der Waals surface area contributed by atoms with Crippen LogP contribution in [0.2, 0.25) is 10.2 Å². The molecule has 32 heavy (non-hydrogen) atoms. The van der Waals surface area contributed by atoms with Crippen LogP contribution in [-0.4, -0.2) is 49.6 Å². The Morgan fingerprint density at radius 2 is 2.06 bits per heavy atom. The second-order valence-corrected chi connectivity index (χ2v) is 11.6. The molecule has 11 heteroatoms. The summed E-state index contributed by atoms with van der Waals surface area (Å²) in [6.07, 6.45) is 7.88. The Hall–Kier alpha value is -0.930. The Labute approximate surface area is 210 Å². The molecule has 1 saturated heterocycles. The first-order valence-electron chi connectivity index (χ1n) is 10.5. The second-order valence-electron chi connectivity index (χ2n) is 8.80. The summed E-state index contributed by atoms with van der Waals surface area (Å²) in [7, 11) is 0. The highest BCUT2D eigenvalue weighted by atomic mass is 127. The van der Waals surface area contributed by atoms with Crippen molar-refractivity contribution in [2.45, 2.75) is 38.7 Å². The lowest BCUT2D eigenvalue weighted by Crippen LogP contribution is -2.64. The van der Waals surface area contributed by atoms with Crippen LogP contribution in [0.1, 0.15) is 30.7 Å². The van der Waals surface area contributed by atoms with Crippen molar-refractivity contribution in [1.82, 2.24) is 23.8 Å². The topological polar surface area (TPSA) is 64.7 Å². The van der Waals surface area contributed by atoms with E-state index >= 15 is 0 Å². The van der Waals surface area contributed by atoms with Gasteiger partial charge in [-0.05, 0) is 78.9 Å². The number of ether oxygens (including phenoxy) is 1. The molecule has 5 rings (SSSR count). The lowest BCUT2D eigenvalue weighted by Gasteiger charge is -2.58. The standard InChI is InChI=1S/C21H23Cl2IN5O2P/c1-13-25-10-15-4-5-17(19(23)28(13)15)31-16-7-21(8-16)11-27(12-21)6-2-3-14-9-26-29(32-24)20(30)18(14)22/h4-5,9-10,16,32H,2-3,6-8,11-12H2,1H3. The monoisotopic (exact) mass is 605 g/mol. The van der Waals surface area contributed by atoms with Gasteiger partial charge in [0.05, 0.1) is 24.3 Å². The molecule has 7 nitrogen and oxygen atoms in total. The van der Waals surface area contributed by atoms with Gasteiger partial charge in [-0.3, -0.25) is 9.20 Å². The van der Waals surface area contributed by atoms with E-state index in [4.69, 9.17) is 27.9 Å². The van der Waals surface area contributed by atoms with Crippen LogP contribution in [0.4, 0.5) is 0 Å². The first-order valence-corrected chi connectivity index (χ1v) is 15.4. The van der Waals surface area contributed by atoms with Crippen molar-refractivity contribution in [2.24, 2.45) is 5.41 Å². The van der Waals surface area contributed by atoms with Crippen LogP contribution >= 0.6 is 51.6 Å². The van der Waals surface area contributed by atoms with Crippen molar-refractivity contribution >= 4 is 57.1 Å². The number of halogens is 3. The molecule has 1 aliphatic carbocycles. The third-order valence-electron chi connectivity index (χ3n) is 6.50. The van der Waals surface area contributed by atoms with E-state index in [0.717, 1.165) is 68.0 Å². The summed E-state index contributed by atoms with van der Waals surface area (Å²) in [4.78, 5) is 18.9. The first kappa shape index (κ1) is 22.8. The van der Waals surface area contributed by atoms with Crippen LogP contribution in [0.15, 0.2) is 29.3 Å². The summed E-state index contributed by atoms with van der Waals surface area (Å²) >= 11 is 14.9. The molecule has 1 aliphatic heterocycles. The number of rotatable bonds is 7. The quantitative estimate of drug-likeness (QED) is 0.220. The van der Waals surface area contributed by atoms with Crippen molar-refractivity contribution in [3.8, 4) is 5.75 Å². The minimum atomic E-state index is -0.192. The molecule has 2 fully saturated rings. The fourth-order valence-corrected chi connectivity index (χ4v) is 6.89. The number of hydrogen-bond donors (Lipinski definition) is 0. The maximum Gasteiger partial charge on any atom is 0.289 e. The van der Waals surface area contributed by atoms with Crippen LogP contribution in [0.3, 0.4) is 0 Å². The zero-order valence-corrected chi connectivity index (χ0v) is 22.2. The van der Waals surface area contributed by atoms with Gasteiger partial charge in [0.1, 0.15) is 17.0 Å². The lowest BCUT2D eigenvalue weighted by molar-refractivity contribution is -0.119. The average Bonchev–Trinajstić information content (AvgIpc) is 3.10. The Balaban J connectivity index is 1.08. The van der Waals surface area contributed by atoms with E-state index in [2.05, 4.69) is 37.0 Å². The largest absolute Gasteiger partial charge is 0.487 e. The molecule has 3 aromatic rings. The summed E-state index contributed by atoms with van der Waals surface area (Å²) in [6, 6.07) is 3.93. The van der Waals surface area contributed by atoms with Crippen LogP contribution in [0.5, 0.6) is 5.75 Å². The number of likely N-dealkylation sites (tertiary alicyclic amines) is 1. The normalized spacial score (nSPS) is 18.5. The first-order chi connectivity index (χ1) is 15.4. The maximum atomic E-state index is 12.1. The van der Waals surface area contributed by atoms with Gasteiger partial charge in [-0.1, -0.05) is 23.2 Å². The lowest BCUT2D eigenvalue weighted by atomic mass is 9.61. The van der Waals surface area contributed by atoms with Gasteiger partial charge in [-0.25, -0.2) is 9.44 Å². The number of aromatic nitrogens is 4. The van der Waals surface area contributed by atoms with Crippen molar-refractivity contribution in [3.05, 3.63) is 56.4 Å². The fraction of sp³-hybridized carbons (Fsp3) is 0.476. The summed E-state index contributed by atoms with van der Waals surface area (Å²) in [6.45, 7) is 5.14. The number of fused-ring (bicyclic) bond motifs is 1. The highest BCUT2D eigenvalue weighted by Crippen LogP contribution is 2.50. The summed E-state index contributed by atoms with van der Waals surface area (Å²) < 4.78 is 9.53. The molecular formula is C21H23Cl2IN5O2P. The third-order valence-corrected chi connectivity index (χ3v) is 9.10. The molecule has 0 amide bonds. The molecule has 0 N–H and O–H groups in total. The molecule has 170 valence electrons. The maximum absolute atomic E-state index is 12.1. The van der Waals surface area contributed by atoms with Gasteiger partial charge in [0.25, 0.3) is 5.56 Å². The van der Waals surface area contributed by atoms with Gasteiger partial charge in [-0.15, -0.1) is 0 Å². The summed E-state index contributed by atoms with van der Waals surface area (Å²) in [5.74, 6) is 1.59. The van der Waals surface area contributed by atoms with Gasteiger partial charge in [0.15, 0.2) is 10.9 Å². The zero-order valence-electron chi connectivity index (χ0n) is 17.5. The summed E-state index contributed by atoms with van der Waals surface area (Å²) in [5.41, 5.74) is 2.01. The number of aryl methyl sites for hydroxylation is 2. The van der Waals surface area contributed by atoms with Gasteiger partial charge in [-0.2, -0.15) is 5.10 Å². The molecule has 1 unspecified atom stereocenters. The molecule has 0 aromatic carbocycles. The minimum absolute atomic E-state index is 0.192. The van der Waals surface area contributed by atoms with E-state index in [1.807, 2.05) is 29.7 Å². The zero-order chi connectivity index (χ0) is 22.5. The van der Waals surface area contributed by atoms with E-state index < -0.39 is 0 Å².